The molecule has 1 atom stereocenters. The van der Waals surface area contributed by atoms with Crippen LogP contribution in [0.3, 0.4) is 0 Å². The van der Waals surface area contributed by atoms with E-state index in [2.05, 4.69) is 11.0 Å². The average molecular weight is 250 g/mol. The maximum absolute atomic E-state index is 9.23. The Morgan fingerprint density at radius 1 is 1.50 bits per heavy atom. The van der Waals surface area contributed by atoms with Gasteiger partial charge in [-0.2, -0.15) is 0 Å². The van der Waals surface area contributed by atoms with Crippen molar-refractivity contribution in [2.24, 2.45) is 5.73 Å². The summed E-state index contributed by atoms with van der Waals surface area (Å²) < 4.78 is 5.41. The zero-order valence-corrected chi connectivity index (χ0v) is 11.1. The van der Waals surface area contributed by atoms with Crippen LogP contribution in [-0.4, -0.2) is 31.4 Å². The highest BCUT2D eigenvalue weighted by Crippen LogP contribution is 2.38. The zero-order chi connectivity index (χ0) is 13.1. The van der Waals surface area contributed by atoms with Crippen molar-refractivity contribution in [3.63, 3.8) is 0 Å². The molecule has 1 fully saturated rings. The van der Waals surface area contributed by atoms with Crippen molar-refractivity contribution < 1.29 is 9.84 Å². The molecule has 0 radical (unpaired) electrons. The van der Waals surface area contributed by atoms with E-state index in [1.54, 1.807) is 7.11 Å². The van der Waals surface area contributed by atoms with Gasteiger partial charge in [0, 0.05) is 29.9 Å². The number of rotatable bonds is 6. The van der Waals surface area contributed by atoms with Gasteiger partial charge in [-0.1, -0.05) is 6.07 Å². The Hall–Kier alpha value is -1.26. The van der Waals surface area contributed by atoms with Crippen LogP contribution in [-0.2, 0) is 0 Å². The minimum atomic E-state index is -0.0870. The molecule has 1 aliphatic carbocycles. The van der Waals surface area contributed by atoms with Gasteiger partial charge in [-0.3, -0.25) is 0 Å². The number of aliphatic hydroxyl groups is 1. The number of hydrogen-bond acceptors (Lipinski definition) is 4. The van der Waals surface area contributed by atoms with Gasteiger partial charge in [0.2, 0.25) is 0 Å². The molecule has 4 nitrogen and oxygen atoms in total. The van der Waals surface area contributed by atoms with Crippen molar-refractivity contribution in [3.05, 3.63) is 23.8 Å². The topological polar surface area (TPSA) is 58.7 Å². The van der Waals surface area contributed by atoms with Gasteiger partial charge in [0.1, 0.15) is 5.75 Å². The van der Waals surface area contributed by atoms with E-state index in [1.807, 2.05) is 19.1 Å². The molecule has 0 unspecified atom stereocenters. The third-order valence-corrected chi connectivity index (χ3v) is 3.36. The van der Waals surface area contributed by atoms with Crippen molar-refractivity contribution in [3.8, 4) is 5.75 Å². The fourth-order valence-corrected chi connectivity index (χ4v) is 2.41. The first-order chi connectivity index (χ1) is 8.69. The summed E-state index contributed by atoms with van der Waals surface area (Å²) >= 11 is 0. The fraction of sp³-hybridized carbons (Fsp3) is 0.571. The number of aliphatic hydroxyl groups excluding tert-OH is 1. The van der Waals surface area contributed by atoms with E-state index < -0.39 is 0 Å². The van der Waals surface area contributed by atoms with Crippen molar-refractivity contribution in [1.29, 1.82) is 0 Å². The largest absolute Gasteiger partial charge is 0.496 e. The summed E-state index contributed by atoms with van der Waals surface area (Å²) in [7, 11) is 1.67. The van der Waals surface area contributed by atoms with E-state index in [-0.39, 0.29) is 12.6 Å². The van der Waals surface area contributed by atoms with Gasteiger partial charge in [0.05, 0.1) is 13.7 Å². The smallest absolute Gasteiger partial charge is 0.125 e. The number of benzene rings is 1. The van der Waals surface area contributed by atoms with Gasteiger partial charge < -0.3 is 20.5 Å². The van der Waals surface area contributed by atoms with Crippen LogP contribution in [0, 0.1) is 0 Å². The summed E-state index contributed by atoms with van der Waals surface area (Å²) in [6.45, 7) is 2.77. The predicted octanol–water partition coefficient (Wildman–Crippen LogP) is 1.68. The highest BCUT2D eigenvalue weighted by Gasteiger charge is 2.31. The second-order valence-electron chi connectivity index (χ2n) is 4.83. The Labute approximate surface area is 108 Å². The number of methoxy groups -OCH3 is 1. The lowest BCUT2D eigenvalue weighted by Crippen LogP contribution is -2.30. The lowest BCUT2D eigenvalue weighted by molar-refractivity contribution is 0.301. The molecule has 0 bridgehead atoms. The van der Waals surface area contributed by atoms with Gasteiger partial charge in [0.15, 0.2) is 0 Å². The Morgan fingerprint density at radius 3 is 2.72 bits per heavy atom. The zero-order valence-electron chi connectivity index (χ0n) is 11.1. The summed E-state index contributed by atoms with van der Waals surface area (Å²) in [6, 6.07) is 6.44. The SMILES string of the molecule is COc1cccc(N(CCO)C2CC2)c1[C@@H](C)N. The Morgan fingerprint density at radius 2 is 2.22 bits per heavy atom. The molecular weight excluding hydrogens is 228 g/mol. The lowest BCUT2D eigenvalue weighted by Gasteiger charge is -2.28. The minimum absolute atomic E-state index is 0.0870. The molecule has 1 aromatic carbocycles. The van der Waals surface area contributed by atoms with Gasteiger partial charge >= 0.3 is 0 Å². The molecule has 3 N–H and O–H groups in total. The normalized spacial score (nSPS) is 16.4. The van der Waals surface area contributed by atoms with Crippen LogP contribution in [0.15, 0.2) is 18.2 Å². The van der Waals surface area contributed by atoms with Crippen LogP contribution in [0.5, 0.6) is 5.75 Å². The number of anilines is 1. The van der Waals surface area contributed by atoms with Crippen molar-refractivity contribution in [2.45, 2.75) is 31.8 Å². The molecule has 1 aliphatic rings. The van der Waals surface area contributed by atoms with Crippen LogP contribution < -0.4 is 15.4 Å². The molecule has 1 aromatic rings. The molecule has 0 aromatic heterocycles. The van der Waals surface area contributed by atoms with Gasteiger partial charge in [-0.25, -0.2) is 0 Å². The van der Waals surface area contributed by atoms with E-state index >= 15 is 0 Å². The minimum Gasteiger partial charge on any atom is -0.496 e. The number of hydrogen-bond donors (Lipinski definition) is 2. The number of ether oxygens (including phenoxy) is 1. The average Bonchev–Trinajstić information content (AvgIpc) is 3.19. The van der Waals surface area contributed by atoms with Gasteiger partial charge in [-0.15, -0.1) is 0 Å². The fourth-order valence-electron chi connectivity index (χ4n) is 2.41. The molecule has 2 rings (SSSR count). The van der Waals surface area contributed by atoms with E-state index in [1.165, 1.54) is 12.8 Å². The van der Waals surface area contributed by atoms with Crippen molar-refractivity contribution in [1.82, 2.24) is 0 Å². The Bertz CT molecular complexity index is 403. The van der Waals surface area contributed by atoms with Gasteiger partial charge in [-0.05, 0) is 31.9 Å². The second-order valence-corrected chi connectivity index (χ2v) is 4.83. The first-order valence-corrected chi connectivity index (χ1v) is 6.49. The van der Waals surface area contributed by atoms with E-state index in [0.717, 1.165) is 17.0 Å². The van der Waals surface area contributed by atoms with E-state index in [9.17, 15) is 5.11 Å². The monoisotopic (exact) mass is 250 g/mol. The van der Waals surface area contributed by atoms with Crippen LogP contribution in [0.1, 0.15) is 31.4 Å². The van der Waals surface area contributed by atoms with Crippen LogP contribution in [0.4, 0.5) is 5.69 Å². The van der Waals surface area contributed by atoms with E-state index in [0.29, 0.717) is 12.6 Å². The maximum atomic E-state index is 9.23. The molecule has 1 saturated carbocycles. The maximum Gasteiger partial charge on any atom is 0.125 e. The lowest BCUT2D eigenvalue weighted by atomic mass is 10.0. The Kier molecular flexibility index (Phi) is 4.09. The second kappa shape index (κ2) is 5.59. The molecule has 0 spiro atoms. The van der Waals surface area contributed by atoms with Crippen LogP contribution in [0.2, 0.25) is 0 Å². The highest BCUT2D eigenvalue weighted by atomic mass is 16.5. The molecule has 18 heavy (non-hydrogen) atoms. The summed E-state index contributed by atoms with van der Waals surface area (Å²) in [5.74, 6) is 0.825. The molecule has 0 aliphatic heterocycles. The third kappa shape index (κ3) is 2.60. The molecule has 4 heteroatoms. The molecule has 0 heterocycles. The summed E-state index contributed by atoms with van der Waals surface area (Å²) in [5.41, 5.74) is 8.20. The molecule has 0 saturated heterocycles. The first-order valence-electron chi connectivity index (χ1n) is 6.49. The molecular formula is C14H22N2O2. The number of nitrogens with zero attached hydrogens (tertiary/aromatic N) is 1. The highest BCUT2D eigenvalue weighted by molar-refractivity contribution is 5.62. The Balaban J connectivity index is 2.40. The van der Waals surface area contributed by atoms with Crippen molar-refractivity contribution in [2.75, 3.05) is 25.2 Å². The standard InChI is InChI=1S/C14H22N2O2/c1-10(15)14-12(4-3-5-13(14)18-2)16(8-9-17)11-6-7-11/h3-5,10-11,17H,6-9,15H2,1-2H3/t10-/m1/s1. The summed E-state index contributed by atoms with van der Waals surface area (Å²) in [6.07, 6.45) is 2.38. The quantitative estimate of drug-likeness (QED) is 0.806. The third-order valence-electron chi connectivity index (χ3n) is 3.36. The van der Waals surface area contributed by atoms with Gasteiger partial charge in [0.25, 0.3) is 0 Å². The van der Waals surface area contributed by atoms with Crippen molar-refractivity contribution >= 4 is 5.69 Å². The van der Waals surface area contributed by atoms with E-state index in [4.69, 9.17) is 10.5 Å². The first kappa shape index (κ1) is 13.2. The van der Waals surface area contributed by atoms with Crippen LogP contribution >= 0.6 is 0 Å². The van der Waals surface area contributed by atoms with Crippen LogP contribution in [0.25, 0.3) is 0 Å². The molecule has 0 amide bonds. The predicted molar refractivity (Wildman–Crippen MR) is 73.1 cm³/mol. The molecule has 100 valence electrons. The summed E-state index contributed by atoms with van der Waals surface area (Å²) in [4.78, 5) is 2.25. The number of nitrogens with two attached hydrogens (primary N) is 1. The summed E-state index contributed by atoms with van der Waals surface area (Å²) in [5, 5.41) is 9.23.